The van der Waals surface area contributed by atoms with Gasteiger partial charge in [-0.05, 0) is 46.1 Å². The van der Waals surface area contributed by atoms with E-state index in [-0.39, 0.29) is 0 Å². The summed E-state index contributed by atoms with van der Waals surface area (Å²) in [7, 11) is 4.10. The van der Waals surface area contributed by atoms with E-state index in [1.54, 1.807) is 6.07 Å². The van der Waals surface area contributed by atoms with Gasteiger partial charge in [-0.25, -0.2) is 0 Å². The maximum atomic E-state index is 9.05. The molecular weight excluding hydrogens is 234 g/mol. The molecule has 1 rings (SSSR count). The third-order valence-electron chi connectivity index (χ3n) is 2.54. The Bertz CT molecular complexity index is 410. The molecule has 0 aliphatic carbocycles. The van der Waals surface area contributed by atoms with E-state index >= 15 is 0 Å². The Morgan fingerprint density at radius 2 is 2.18 bits per heavy atom. The van der Waals surface area contributed by atoms with E-state index in [9.17, 15) is 0 Å². The molecule has 0 aromatic heterocycles. The first-order valence-electron chi connectivity index (χ1n) is 5.64. The summed E-state index contributed by atoms with van der Waals surface area (Å²) in [6.45, 7) is 3.11. The minimum Gasteiger partial charge on any atom is -0.381 e. The number of hydrogen-bond donors (Lipinski definition) is 1. The van der Waals surface area contributed by atoms with Gasteiger partial charge < -0.3 is 10.2 Å². The maximum Gasteiger partial charge on any atom is 0.103 e. The second-order valence-corrected chi connectivity index (χ2v) is 4.82. The normalized spacial score (nSPS) is 12.2. The molecule has 0 aliphatic rings. The topological polar surface area (TPSA) is 39.1 Å². The first-order valence-corrected chi connectivity index (χ1v) is 6.02. The van der Waals surface area contributed by atoms with Gasteiger partial charge in [0.05, 0.1) is 16.3 Å². The van der Waals surface area contributed by atoms with Crippen molar-refractivity contribution < 1.29 is 0 Å². The van der Waals surface area contributed by atoms with Gasteiger partial charge in [-0.2, -0.15) is 5.26 Å². The van der Waals surface area contributed by atoms with E-state index in [0.29, 0.717) is 16.6 Å². The van der Waals surface area contributed by atoms with Gasteiger partial charge in [0.1, 0.15) is 6.07 Å². The van der Waals surface area contributed by atoms with Gasteiger partial charge >= 0.3 is 0 Å². The summed E-state index contributed by atoms with van der Waals surface area (Å²) < 4.78 is 0. The van der Waals surface area contributed by atoms with Crippen molar-refractivity contribution in [1.82, 2.24) is 4.90 Å². The fourth-order valence-corrected chi connectivity index (χ4v) is 1.76. The summed E-state index contributed by atoms with van der Waals surface area (Å²) in [5.74, 6) is 0. The van der Waals surface area contributed by atoms with E-state index < -0.39 is 0 Å². The fourth-order valence-electron chi connectivity index (χ4n) is 1.55. The lowest BCUT2D eigenvalue weighted by molar-refractivity contribution is 0.390. The van der Waals surface area contributed by atoms with Crippen LogP contribution in [0.3, 0.4) is 0 Å². The lowest BCUT2D eigenvalue weighted by Gasteiger charge is -2.18. The van der Waals surface area contributed by atoms with Crippen molar-refractivity contribution in [2.45, 2.75) is 19.4 Å². The molecule has 0 amide bonds. The molecule has 1 unspecified atom stereocenters. The first kappa shape index (κ1) is 13.8. The SMILES string of the molecule is CC(CCN(C)C)Nc1cccc(Cl)c1C#N. The Morgan fingerprint density at radius 1 is 1.47 bits per heavy atom. The average molecular weight is 252 g/mol. The first-order chi connectivity index (χ1) is 8.04. The number of benzene rings is 1. The molecule has 0 fully saturated rings. The highest BCUT2D eigenvalue weighted by molar-refractivity contribution is 6.32. The van der Waals surface area contributed by atoms with Crippen LogP contribution in [0.1, 0.15) is 18.9 Å². The van der Waals surface area contributed by atoms with Crippen LogP contribution in [0.2, 0.25) is 5.02 Å². The van der Waals surface area contributed by atoms with Gasteiger partial charge in [0.25, 0.3) is 0 Å². The van der Waals surface area contributed by atoms with Crippen LogP contribution >= 0.6 is 11.6 Å². The molecule has 1 aromatic carbocycles. The summed E-state index contributed by atoms with van der Waals surface area (Å²) >= 11 is 5.97. The highest BCUT2D eigenvalue weighted by Crippen LogP contribution is 2.24. The second-order valence-electron chi connectivity index (χ2n) is 4.41. The minimum absolute atomic E-state index is 0.308. The number of hydrogen-bond acceptors (Lipinski definition) is 3. The molecule has 0 spiro atoms. The lowest BCUT2D eigenvalue weighted by Crippen LogP contribution is -2.23. The van der Waals surface area contributed by atoms with Crippen molar-refractivity contribution in [3.05, 3.63) is 28.8 Å². The summed E-state index contributed by atoms with van der Waals surface area (Å²) in [5, 5.41) is 12.9. The quantitative estimate of drug-likeness (QED) is 0.875. The second kappa shape index (κ2) is 6.48. The van der Waals surface area contributed by atoms with Gasteiger partial charge in [-0.15, -0.1) is 0 Å². The Morgan fingerprint density at radius 3 is 2.76 bits per heavy atom. The molecule has 3 nitrogen and oxygen atoms in total. The number of rotatable bonds is 5. The van der Waals surface area contributed by atoms with Crippen LogP contribution in [0.25, 0.3) is 0 Å². The molecule has 0 aliphatic heterocycles. The summed E-state index contributed by atoms with van der Waals surface area (Å²) in [4.78, 5) is 2.14. The molecule has 0 radical (unpaired) electrons. The van der Waals surface area contributed by atoms with E-state index in [0.717, 1.165) is 18.7 Å². The largest absolute Gasteiger partial charge is 0.381 e. The van der Waals surface area contributed by atoms with Crippen LogP contribution in [0.4, 0.5) is 5.69 Å². The summed E-state index contributed by atoms with van der Waals surface area (Å²) in [6.07, 6.45) is 1.02. The number of nitriles is 1. The minimum atomic E-state index is 0.308. The van der Waals surface area contributed by atoms with E-state index in [1.165, 1.54) is 0 Å². The molecule has 0 heterocycles. The molecule has 92 valence electrons. The number of anilines is 1. The average Bonchev–Trinajstić information content (AvgIpc) is 2.27. The van der Waals surface area contributed by atoms with Crippen LogP contribution in [0.15, 0.2) is 18.2 Å². The third-order valence-corrected chi connectivity index (χ3v) is 2.85. The van der Waals surface area contributed by atoms with Crippen molar-refractivity contribution in [3.8, 4) is 6.07 Å². The lowest BCUT2D eigenvalue weighted by atomic mass is 10.1. The highest BCUT2D eigenvalue weighted by Gasteiger charge is 2.09. The summed E-state index contributed by atoms with van der Waals surface area (Å²) in [5.41, 5.74) is 1.33. The summed E-state index contributed by atoms with van der Waals surface area (Å²) in [6, 6.07) is 7.91. The predicted octanol–water partition coefficient (Wildman–Crippen LogP) is 2.96. The van der Waals surface area contributed by atoms with Crippen molar-refractivity contribution in [2.75, 3.05) is 26.0 Å². The zero-order valence-corrected chi connectivity index (χ0v) is 11.3. The number of nitrogens with one attached hydrogen (secondary N) is 1. The van der Waals surface area contributed by atoms with Crippen LogP contribution in [-0.2, 0) is 0 Å². The number of halogens is 1. The van der Waals surface area contributed by atoms with Crippen LogP contribution in [-0.4, -0.2) is 31.6 Å². The molecule has 4 heteroatoms. The van der Waals surface area contributed by atoms with Crippen molar-refractivity contribution in [3.63, 3.8) is 0 Å². The molecular formula is C13H18ClN3. The van der Waals surface area contributed by atoms with Gasteiger partial charge in [-0.3, -0.25) is 0 Å². The van der Waals surface area contributed by atoms with Crippen LogP contribution in [0.5, 0.6) is 0 Å². The van der Waals surface area contributed by atoms with E-state index in [1.807, 2.05) is 26.2 Å². The van der Waals surface area contributed by atoms with Gasteiger partial charge in [-0.1, -0.05) is 17.7 Å². The van der Waals surface area contributed by atoms with Crippen molar-refractivity contribution in [2.24, 2.45) is 0 Å². The maximum absolute atomic E-state index is 9.05. The van der Waals surface area contributed by atoms with E-state index in [4.69, 9.17) is 16.9 Å². The Kier molecular flexibility index (Phi) is 5.27. The van der Waals surface area contributed by atoms with Crippen LogP contribution < -0.4 is 5.32 Å². The molecule has 0 bridgehead atoms. The third kappa shape index (κ3) is 4.26. The smallest absolute Gasteiger partial charge is 0.103 e. The van der Waals surface area contributed by atoms with Crippen molar-refractivity contribution >= 4 is 17.3 Å². The molecule has 17 heavy (non-hydrogen) atoms. The fraction of sp³-hybridized carbons (Fsp3) is 0.462. The zero-order chi connectivity index (χ0) is 12.8. The Labute approximate surface area is 108 Å². The highest BCUT2D eigenvalue weighted by atomic mass is 35.5. The Balaban J connectivity index is 2.69. The molecule has 1 atom stereocenters. The van der Waals surface area contributed by atoms with Crippen molar-refractivity contribution in [1.29, 1.82) is 5.26 Å². The molecule has 0 saturated heterocycles. The molecule has 1 N–H and O–H groups in total. The number of nitrogens with zero attached hydrogens (tertiary/aromatic N) is 2. The van der Waals surface area contributed by atoms with Gasteiger partial charge in [0, 0.05) is 6.04 Å². The predicted molar refractivity (Wildman–Crippen MR) is 72.4 cm³/mol. The standard InChI is InChI=1S/C13H18ClN3/c1-10(7-8-17(2)3)16-13-6-4-5-12(14)11(13)9-15/h4-6,10,16H,7-8H2,1-3H3. The molecule has 0 saturated carbocycles. The monoisotopic (exact) mass is 251 g/mol. The zero-order valence-electron chi connectivity index (χ0n) is 10.5. The van der Waals surface area contributed by atoms with Gasteiger partial charge in [0.15, 0.2) is 0 Å². The molecule has 1 aromatic rings. The van der Waals surface area contributed by atoms with Gasteiger partial charge in [0.2, 0.25) is 0 Å². The Hall–Kier alpha value is -1.24. The van der Waals surface area contributed by atoms with E-state index in [2.05, 4.69) is 23.2 Å². The van der Waals surface area contributed by atoms with Crippen LogP contribution in [0, 0.1) is 11.3 Å².